The molecule has 21 heavy (non-hydrogen) atoms. The summed E-state index contributed by atoms with van der Waals surface area (Å²) >= 11 is 0. The summed E-state index contributed by atoms with van der Waals surface area (Å²) in [6, 6.07) is 3.59. The molecule has 1 saturated carbocycles. The van der Waals surface area contributed by atoms with E-state index in [0.717, 1.165) is 19.5 Å². The summed E-state index contributed by atoms with van der Waals surface area (Å²) in [6.45, 7) is 3.69. The lowest BCUT2D eigenvalue weighted by Crippen LogP contribution is -2.34. The third kappa shape index (κ3) is 4.57. The lowest BCUT2D eigenvalue weighted by atomic mass is 10.1. The number of carbonyl (C=O) groups is 1. The second kappa shape index (κ2) is 7.80. The van der Waals surface area contributed by atoms with Gasteiger partial charge in [0.15, 0.2) is 0 Å². The molecule has 1 aromatic heterocycles. The molecule has 0 unspecified atom stereocenters. The van der Waals surface area contributed by atoms with Crippen molar-refractivity contribution in [2.75, 3.05) is 19.7 Å². The van der Waals surface area contributed by atoms with Crippen LogP contribution in [0.2, 0.25) is 0 Å². The second-order valence-corrected chi connectivity index (χ2v) is 5.37. The number of pyridine rings is 1. The fourth-order valence-electron chi connectivity index (χ4n) is 2.20. The number of aliphatic hydroxyl groups is 1. The van der Waals surface area contributed by atoms with Crippen LogP contribution in [0.3, 0.4) is 0 Å². The van der Waals surface area contributed by atoms with E-state index in [1.54, 1.807) is 12.3 Å². The highest BCUT2D eigenvalue weighted by molar-refractivity contribution is 5.94. The van der Waals surface area contributed by atoms with Gasteiger partial charge < -0.3 is 10.0 Å². The minimum atomic E-state index is -0.0300. The van der Waals surface area contributed by atoms with Crippen molar-refractivity contribution in [1.29, 1.82) is 0 Å². The van der Waals surface area contributed by atoms with Crippen molar-refractivity contribution in [3.8, 4) is 11.8 Å². The number of hydrogen-bond donors (Lipinski definition) is 1. The molecule has 0 saturated heterocycles. The van der Waals surface area contributed by atoms with Crippen LogP contribution in [0.15, 0.2) is 18.3 Å². The quantitative estimate of drug-likeness (QED) is 0.815. The van der Waals surface area contributed by atoms with Crippen molar-refractivity contribution in [3.05, 3.63) is 29.6 Å². The van der Waals surface area contributed by atoms with Gasteiger partial charge in [-0.05, 0) is 37.3 Å². The van der Waals surface area contributed by atoms with Crippen molar-refractivity contribution in [2.24, 2.45) is 5.92 Å². The Balaban J connectivity index is 2.18. The monoisotopic (exact) mass is 286 g/mol. The molecule has 0 bridgehead atoms. The Labute approximate surface area is 126 Å². The third-order valence-corrected chi connectivity index (χ3v) is 3.43. The van der Waals surface area contributed by atoms with E-state index in [0.29, 0.717) is 23.6 Å². The topological polar surface area (TPSA) is 53.4 Å². The number of hydrogen-bond acceptors (Lipinski definition) is 3. The molecule has 0 aromatic carbocycles. The lowest BCUT2D eigenvalue weighted by Gasteiger charge is -2.22. The first kappa shape index (κ1) is 15.5. The number of carbonyl (C=O) groups excluding carboxylic acids is 1. The van der Waals surface area contributed by atoms with Crippen molar-refractivity contribution >= 4 is 5.91 Å². The first-order valence-corrected chi connectivity index (χ1v) is 7.60. The highest BCUT2D eigenvalue weighted by Gasteiger charge is 2.28. The van der Waals surface area contributed by atoms with E-state index in [1.165, 1.54) is 12.8 Å². The zero-order chi connectivity index (χ0) is 15.1. The summed E-state index contributed by atoms with van der Waals surface area (Å²) in [5, 5.41) is 8.79. The minimum absolute atomic E-state index is 0.0280. The molecule has 0 aliphatic heterocycles. The number of nitrogens with zero attached hydrogens (tertiary/aromatic N) is 2. The molecular weight excluding hydrogens is 264 g/mol. The average Bonchev–Trinajstić information content (AvgIpc) is 3.31. The van der Waals surface area contributed by atoms with E-state index in [4.69, 9.17) is 5.11 Å². The maximum Gasteiger partial charge on any atom is 0.273 e. The Hall–Kier alpha value is -1.86. The van der Waals surface area contributed by atoms with Crippen molar-refractivity contribution in [1.82, 2.24) is 9.88 Å². The van der Waals surface area contributed by atoms with Gasteiger partial charge in [0.2, 0.25) is 0 Å². The summed E-state index contributed by atoms with van der Waals surface area (Å²) in [5.74, 6) is 6.43. The summed E-state index contributed by atoms with van der Waals surface area (Å²) in [4.78, 5) is 18.8. The van der Waals surface area contributed by atoms with Gasteiger partial charge in [-0.1, -0.05) is 18.8 Å². The van der Waals surface area contributed by atoms with Crippen LogP contribution >= 0.6 is 0 Å². The molecule has 0 spiro atoms. The van der Waals surface area contributed by atoms with E-state index < -0.39 is 0 Å². The molecule has 1 fully saturated rings. The summed E-state index contributed by atoms with van der Waals surface area (Å²) < 4.78 is 0. The van der Waals surface area contributed by atoms with Gasteiger partial charge in [0, 0.05) is 25.7 Å². The van der Waals surface area contributed by atoms with Gasteiger partial charge >= 0.3 is 0 Å². The summed E-state index contributed by atoms with van der Waals surface area (Å²) in [5.41, 5.74) is 1.07. The van der Waals surface area contributed by atoms with Crippen LogP contribution < -0.4 is 0 Å². The minimum Gasteiger partial charge on any atom is -0.395 e. The van der Waals surface area contributed by atoms with Crippen molar-refractivity contribution in [3.63, 3.8) is 0 Å². The van der Waals surface area contributed by atoms with Gasteiger partial charge in [-0.25, -0.2) is 4.98 Å². The zero-order valence-corrected chi connectivity index (χ0v) is 12.5. The number of amides is 1. The lowest BCUT2D eigenvalue weighted by molar-refractivity contribution is 0.0741. The molecular formula is C17H22N2O2. The maximum atomic E-state index is 12.7. The molecule has 4 nitrogen and oxygen atoms in total. The van der Waals surface area contributed by atoms with Gasteiger partial charge in [-0.15, -0.1) is 0 Å². The summed E-state index contributed by atoms with van der Waals surface area (Å²) in [7, 11) is 0. The molecule has 1 N–H and O–H groups in total. The largest absolute Gasteiger partial charge is 0.395 e. The van der Waals surface area contributed by atoms with E-state index in [2.05, 4.69) is 23.7 Å². The molecule has 1 aromatic rings. The van der Waals surface area contributed by atoms with E-state index >= 15 is 0 Å². The van der Waals surface area contributed by atoms with Gasteiger partial charge in [0.25, 0.3) is 5.91 Å². The highest BCUT2D eigenvalue weighted by atomic mass is 16.2. The molecule has 1 heterocycles. The van der Waals surface area contributed by atoms with E-state index in [-0.39, 0.29) is 12.5 Å². The fourth-order valence-corrected chi connectivity index (χ4v) is 2.20. The first-order valence-electron chi connectivity index (χ1n) is 7.60. The van der Waals surface area contributed by atoms with E-state index in [1.807, 2.05) is 11.0 Å². The molecule has 0 radical (unpaired) electrons. The van der Waals surface area contributed by atoms with Crippen molar-refractivity contribution < 1.29 is 9.90 Å². The Morgan fingerprint density at radius 3 is 3.00 bits per heavy atom. The van der Waals surface area contributed by atoms with Crippen LogP contribution in [0.5, 0.6) is 0 Å². The van der Waals surface area contributed by atoms with Gasteiger partial charge in [-0.3, -0.25) is 4.79 Å². The summed E-state index contributed by atoms with van der Waals surface area (Å²) in [6.07, 6.45) is 5.42. The Kier molecular flexibility index (Phi) is 5.77. The predicted octanol–water partition coefficient (Wildman–Crippen LogP) is 2.08. The van der Waals surface area contributed by atoms with Crippen LogP contribution in [-0.2, 0) is 0 Å². The Bertz CT molecular complexity index is 541. The van der Waals surface area contributed by atoms with Gasteiger partial charge in [0.05, 0.1) is 12.2 Å². The molecule has 112 valence electrons. The van der Waals surface area contributed by atoms with Crippen molar-refractivity contribution in [2.45, 2.75) is 32.6 Å². The number of aliphatic hydroxyl groups excluding tert-OH is 1. The third-order valence-electron chi connectivity index (χ3n) is 3.43. The average molecular weight is 286 g/mol. The smallest absolute Gasteiger partial charge is 0.273 e. The van der Waals surface area contributed by atoms with E-state index in [9.17, 15) is 4.79 Å². The second-order valence-electron chi connectivity index (χ2n) is 5.37. The first-order chi connectivity index (χ1) is 10.3. The Morgan fingerprint density at radius 2 is 2.33 bits per heavy atom. The van der Waals surface area contributed by atoms with Gasteiger partial charge in [0.1, 0.15) is 5.69 Å². The molecule has 1 aliphatic carbocycles. The van der Waals surface area contributed by atoms with Crippen LogP contribution in [0.25, 0.3) is 0 Å². The van der Waals surface area contributed by atoms with Crippen LogP contribution in [0.1, 0.15) is 48.7 Å². The molecule has 1 aliphatic rings. The molecule has 0 atom stereocenters. The standard InChI is InChI=1S/C17H22N2O2/c1-2-11-19(13-14-8-9-14)17(21)16-15(6-3-4-12-20)7-5-10-18-16/h5,7,10,14,20H,2,4,8-9,11-13H2,1H3. The maximum absolute atomic E-state index is 12.7. The highest BCUT2D eigenvalue weighted by Crippen LogP contribution is 2.30. The van der Waals surface area contributed by atoms with Gasteiger partial charge in [-0.2, -0.15) is 0 Å². The number of aromatic nitrogens is 1. The van der Waals surface area contributed by atoms with Crippen LogP contribution in [-0.4, -0.2) is 40.6 Å². The normalized spacial score (nSPS) is 13.4. The van der Waals surface area contributed by atoms with Crippen LogP contribution in [0, 0.1) is 17.8 Å². The fraction of sp³-hybridized carbons (Fsp3) is 0.529. The Morgan fingerprint density at radius 1 is 1.52 bits per heavy atom. The molecule has 2 rings (SSSR count). The number of rotatable bonds is 6. The van der Waals surface area contributed by atoms with Crippen LogP contribution in [0.4, 0.5) is 0 Å². The SMILES string of the molecule is CCCN(CC1CC1)C(=O)c1ncccc1C#CCCO. The molecule has 4 heteroatoms. The molecule has 1 amide bonds. The zero-order valence-electron chi connectivity index (χ0n) is 12.5. The predicted molar refractivity (Wildman–Crippen MR) is 81.7 cm³/mol.